The standard InChI is InChI=1S/C13H16INO/c1-9-3-2-4-12(9)15-13(16)10-5-7-11(14)8-6-10/h5-9,12H,2-4H2,1H3,(H,15,16). The van der Waals surface area contributed by atoms with E-state index in [0.29, 0.717) is 12.0 Å². The highest BCUT2D eigenvalue weighted by Gasteiger charge is 2.24. The van der Waals surface area contributed by atoms with Gasteiger partial charge in [0.2, 0.25) is 0 Å². The third-order valence-corrected chi connectivity index (χ3v) is 4.00. The summed E-state index contributed by atoms with van der Waals surface area (Å²) in [5, 5.41) is 3.12. The summed E-state index contributed by atoms with van der Waals surface area (Å²) in [6.45, 7) is 2.21. The molecule has 1 amide bonds. The van der Waals surface area contributed by atoms with Gasteiger partial charge in [-0.25, -0.2) is 0 Å². The van der Waals surface area contributed by atoms with Crippen molar-refractivity contribution < 1.29 is 4.79 Å². The molecular formula is C13H16INO. The summed E-state index contributed by atoms with van der Waals surface area (Å²) in [4.78, 5) is 11.9. The molecule has 0 spiro atoms. The van der Waals surface area contributed by atoms with E-state index in [1.54, 1.807) is 0 Å². The Labute approximate surface area is 110 Å². The zero-order valence-corrected chi connectivity index (χ0v) is 11.5. The summed E-state index contributed by atoms with van der Waals surface area (Å²) in [5.74, 6) is 0.683. The summed E-state index contributed by atoms with van der Waals surface area (Å²) in [6, 6.07) is 8.07. The number of carbonyl (C=O) groups excluding carboxylic acids is 1. The second-order valence-electron chi connectivity index (χ2n) is 4.50. The second kappa shape index (κ2) is 5.17. The van der Waals surface area contributed by atoms with Crippen LogP contribution in [0.3, 0.4) is 0 Å². The predicted octanol–water partition coefficient (Wildman–Crippen LogP) is 3.21. The van der Waals surface area contributed by atoms with Gasteiger partial charge in [-0.15, -0.1) is 0 Å². The van der Waals surface area contributed by atoms with Gasteiger partial charge in [-0.1, -0.05) is 13.3 Å². The van der Waals surface area contributed by atoms with E-state index in [1.807, 2.05) is 24.3 Å². The number of hydrogen-bond donors (Lipinski definition) is 1. The molecule has 1 aromatic rings. The number of carbonyl (C=O) groups is 1. The van der Waals surface area contributed by atoms with E-state index in [2.05, 4.69) is 34.8 Å². The van der Waals surface area contributed by atoms with E-state index in [-0.39, 0.29) is 5.91 Å². The molecule has 1 fully saturated rings. The highest BCUT2D eigenvalue weighted by molar-refractivity contribution is 14.1. The van der Waals surface area contributed by atoms with Gasteiger partial charge in [0.1, 0.15) is 0 Å². The molecule has 1 N–H and O–H groups in total. The first-order chi connectivity index (χ1) is 7.66. The van der Waals surface area contributed by atoms with Crippen molar-refractivity contribution in [1.82, 2.24) is 5.32 Å². The molecular weight excluding hydrogens is 313 g/mol. The minimum absolute atomic E-state index is 0.0650. The van der Waals surface area contributed by atoms with Crippen molar-refractivity contribution in [2.45, 2.75) is 32.2 Å². The molecule has 86 valence electrons. The first-order valence-corrected chi connectivity index (χ1v) is 6.81. The molecule has 1 aliphatic carbocycles. The molecule has 2 unspecified atom stereocenters. The van der Waals surface area contributed by atoms with Crippen molar-refractivity contribution >= 4 is 28.5 Å². The maximum Gasteiger partial charge on any atom is 0.251 e. The Morgan fingerprint density at radius 2 is 2.00 bits per heavy atom. The van der Waals surface area contributed by atoms with Gasteiger partial charge in [0.15, 0.2) is 0 Å². The lowest BCUT2D eigenvalue weighted by Crippen LogP contribution is -2.36. The van der Waals surface area contributed by atoms with Gasteiger partial charge in [0.25, 0.3) is 5.91 Å². The summed E-state index contributed by atoms with van der Waals surface area (Å²) in [6.07, 6.45) is 3.59. The minimum atomic E-state index is 0.0650. The second-order valence-corrected chi connectivity index (χ2v) is 5.74. The molecule has 0 heterocycles. The Hall–Kier alpha value is -0.580. The fraction of sp³-hybridized carbons (Fsp3) is 0.462. The van der Waals surface area contributed by atoms with Crippen LogP contribution in [0.25, 0.3) is 0 Å². The van der Waals surface area contributed by atoms with Crippen LogP contribution < -0.4 is 5.32 Å². The molecule has 0 aliphatic heterocycles. The number of nitrogens with one attached hydrogen (secondary N) is 1. The van der Waals surface area contributed by atoms with Gasteiger partial charge in [-0.3, -0.25) is 4.79 Å². The summed E-state index contributed by atoms with van der Waals surface area (Å²) < 4.78 is 1.16. The van der Waals surface area contributed by atoms with Crippen LogP contribution in [-0.2, 0) is 0 Å². The Morgan fingerprint density at radius 3 is 2.56 bits per heavy atom. The molecule has 0 saturated heterocycles. The van der Waals surface area contributed by atoms with E-state index >= 15 is 0 Å². The van der Waals surface area contributed by atoms with Crippen LogP contribution in [0.15, 0.2) is 24.3 Å². The van der Waals surface area contributed by atoms with Gasteiger partial charge in [0.05, 0.1) is 0 Å². The number of benzene rings is 1. The molecule has 2 rings (SSSR count). The van der Waals surface area contributed by atoms with Crippen molar-refractivity contribution in [2.24, 2.45) is 5.92 Å². The van der Waals surface area contributed by atoms with Crippen LogP contribution in [0.1, 0.15) is 36.5 Å². The molecule has 1 saturated carbocycles. The van der Waals surface area contributed by atoms with Crippen molar-refractivity contribution in [1.29, 1.82) is 0 Å². The van der Waals surface area contributed by atoms with Crippen molar-refractivity contribution in [2.75, 3.05) is 0 Å². The van der Waals surface area contributed by atoms with Gasteiger partial charge in [-0.2, -0.15) is 0 Å². The lowest BCUT2D eigenvalue weighted by molar-refractivity contribution is 0.0929. The highest BCUT2D eigenvalue weighted by Crippen LogP contribution is 2.25. The average molecular weight is 329 g/mol. The fourth-order valence-electron chi connectivity index (χ4n) is 2.21. The van der Waals surface area contributed by atoms with Gasteiger partial charge >= 0.3 is 0 Å². The van der Waals surface area contributed by atoms with Crippen LogP contribution in [0.2, 0.25) is 0 Å². The lowest BCUT2D eigenvalue weighted by atomic mass is 10.1. The SMILES string of the molecule is CC1CCCC1NC(=O)c1ccc(I)cc1. The van der Waals surface area contributed by atoms with Crippen LogP contribution in [0.5, 0.6) is 0 Å². The topological polar surface area (TPSA) is 29.1 Å². The molecule has 0 radical (unpaired) electrons. The first-order valence-electron chi connectivity index (χ1n) is 5.73. The third-order valence-electron chi connectivity index (χ3n) is 3.28. The summed E-state index contributed by atoms with van der Waals surface area (Å²) >= 11 is 2.24. The Balaban J connectivity index is 2.00. The smallest absolute Gasteiger partial charge is 0.251 e. The molecule has 3 heteroatoms. The fourth-order valence-corrected chi connectivity index (χ4v) is 2.57. The van der Waals surface area contributed by atoms with E-state index in [1.165, 1.54) is 12.8 Å². The molecule has 1 aliphatic rings. The van der Waals surface area contributed by atoms with E-state index in [0.717, 1.165) is 15.6 Å². The molecule has 1 aromatic carbocycles. The maximum atomic E-state index is 11.9. The van der Waals surface area contributed by atoms with Crippen molar-refractivity contribution in [3.8, 4) is 0 Å². The van der Waals surface area contributed by atoms with E-state index < -0.39 is 0 Å². The van der Waals surface area contributed by atoms with Gasteiger partial charge < -0.3 is 5.32 Å². The Kier molecular flexibility index (Phi) is 3.84. The Morgan fingerprint density at radius 1 is 1.31 bits per heavy atom. The maximum absolute atomic E-state index is 11.9. The van der Waals surface area contributed by atoms with Crippen molar-refractivity contribution in [3.63, 3.8) is 0 Å². The molecule has 0 aromatic heterocycles. The summed E-state index contributed by atoms with van der Waals surface area (Å²) in [7, 11) is 0. The van der Waals surface area contributed by atoms with Crippen molar-refractivity contribution in [3.05, 3.63) is 33.4 Å². The normalized spacial score (nSPS) is 24.4. The zero-order valence-electron chi connectivity index (χ0n) is 9.37. The highest BCUT2D eigenvalue weighted by atomic mass is 127. The first kappa shape index (κ1) is 11.9. The monoisotopic (exact) mass is 329 g/mol. The quantitative estimate of drug-likeness (QED) is 0.830. The van der Waals surface area contributed by atoms with Gasteiger partial charge in [-0.05, 0) is 65.6 Å². The number of hydrogen-bond acceptors (Lipinski definition) is 1. The lowest BCUT2D eigenvalue weighted by Gasteiger charge is -2.17. The number of amides is 1. The largest absolute Gasteiger partial charge is 0.349 e. The predicted molar refractivity (Wildman–Crippen MR) is 73.4 cm³/mol. The average Bonchev–Trinajstić information content (AvgIpc) is 2.65. The van der Waals surface area contributed by atoms with Gasteiger partial charge in [0, 0.05) is 15.2 Å². The molecule has 2 nitrogen and oxygen atoms in total. The molecule has 2 atom stereocenters. The van der Waals surface area contributed by atoms with Crippen LogP contribution in [-0.4, -0.2) is 11.9 Å². The van der Waals surface area contributed by atoms with Crippen LogP contribution in [0, 0.1) is 9.49 Å². The molecule has 0 bridgehead atoms. The minimum Gasteiger partial charge on any atom is -0.349 e. The van der Waals surface area contributed by atoms with Crippen LogP contribution >= 0.6 is 22.6 Å². The number of rotatable bonds is 2. The van der Waals surface area contributed by atoms with Crippen LogP contribution in [0.4, 0.5) is 0 Å². The van der Waals surface area contributed by atoms with E-state index in [4.69, 9.17) is 0 Å². The number of halogens is 1. The Bertz CT molecular complexity index is 374. The third kappa shape index (κ3) is 2.75. The molecule has 16 heavy (non-hydrogen) atoms. The van der Waals surface area contributed by atoms with E-state index in [9.17, 15) is 4.79 Å². The zero-order chi connectivity index (χ0) is 11.5. The summed E-state index contributed by atoms with van der Waals surface area (Å²) in [5.41, 5.74) is 0.763.